The van der Waals surface area contributed by atoms with Crippen LogP contribution in [0.25, 0.3) is 0 Å². The Morgan fingerprint density at radius 1 is 0.654 bits per heavy atom. The highest BCUT2D eigenvalue weighted by atomic mass is 32.2. The van der Waals surface area contributed by atoms with Crippen molar-refractivity contribution in [3.05, 3.63) is 59.7 Å². The second kappa shape index (κ2) is 8.09. The Bertz CT molecular complexity index is 893. The number of aliphatic hydroxyl groups is 2. The van der Waals surface area contributed by atoms with Gasteiger partial charge in [0.1, 0.15) is 0 Å². The Morgan fingerprint density at radius 2 is 0.962 bits per heavy atom. The van der Waals surface area contributed by atoms with Crippen LogP contribution in [0.2, 0.25) is 0 Å². The molecule has 0 spiro atoms. The number of carbonyl (C=O) groups is 1. The number of carbonyl (C=O) groups excluding carboxylic acids is 1. The summed E-state index contributed by atoms with van der Waals surface area (Å²) in [6.07, 6.45) is 0. The summed E-state index contributed by atoms with van der Waals surface area (Å²) >= 11 is 0. The van der Waals surface area contributed by atoms with Gasteiger partial charge in [0.25, 0.3) is 0 Å². The van der Waals surface area contributed by atoms with Gasteiger partial charge in [0, 0.05) is 11.1 Å². The van der Waals surface area contributed by atoms with Gasteiger partial charge in [0.15, 0.2) is 25.5 Å². The number of hydrogen-bond acceptors (Lipinski definition) is 7. The van der Waals surface area contributed by atoms with Gasteiger partial charge in [-0.25, -0.2) is 16.8 Å². The molecule has 0 saturated carbocycles. The van der Waals surface area contributed by atoms with E-state index in [2.05, 4.69) is 0 Å². The van der Waals surface area contributed by atoms with Crippen molar-refractivity contribution in [1.29, 1.82) is 0 Å². The molecule has 26 heavy (non-hydrogen) atoms. The molecule has 9 heteroatoms. The fourth-order valence-electron chi connectivity index (χ4n) is 2.27. The predicted molar refractivity (Wildman–Crippen MR) is 94.6 cm³/mol. The van der Waals surface area contributed by atoms with Gasteiger partial charge in [-0.3, -0.25) is 4.79 Å². The van der Waals surface area contributed by atoms with E-state index >= 15 is 0 Å². The first-order valence-electron chi connectivity index (χ1n) is 7.63. The zero-order valence-electron chi connectivity index (χ0n) is 13.7. The topological polar surface area (TPSA) is 126 Å². The first kappa shape index (κ1) is 20.2. The molecule has 0 amide bonds. The molecule has 0 atom stereocenters. The lowest BCUT2D eigenvalue weighted by atomic mass is 10.0. The number of benzene rings is 2. The molecular weight excluding hydrogens is 380 g/mol. The van der Waals surface area contributed by atoms with Gasteiger partial charge in [-0.15, -0.1) is 0 Å². The van der Waals surface area contributed by atoms with Crippen molar-refractivity contribution in [1.82, 2.24) is 0 Å². The van der Waals surface area contributed by atoms with Crippen LogP contribution in [0.5, 0.6) is 0 Å². The molecule has 0 radical (unpaired) electrons. The van der Waals surface area contributed by atoms with E-state index in [1.807, 2.05) is 0 Å². The Kier molecular flexibility index (Phi) is 6.30. The standard InChI is InChI=1S/C17H18O7S2/c18-9-11-25(21,22)15-5-1-13(2-6-15)17(20)14-3-7-16(8-4-14)26(23,24)12-10-19/h1-8,18-19H,9-12H2. The fourth-order valence-corrected chi connectivity index (χ4v) is 4.32. The van der Waals surface area contributed by atoms with Crippen molar-refractivity contribution < 1.29 is 31.8 Å². The molecular formula is C17H18O7S2. The molecule has 140 valence electrons. The second-order valence-corrected chi connectivity index (χ2v) is 9.68. The van der Waals surface area contributed by atoms with E-state index in [-0.39, 0.29) is 26.7 Å². The van der Waals surface area contributed by atoms with Crippen LogP contribution in [-0.4, -0.2) is 57.6 Å². The SMILES string of the molecule is O=C(c1ccc(S(=O)(=O)CCO)cc1)c1ccc(S(=O)(=O)CCO)cc1. The highest BCUT2D eigenvalue weighted by Crippen LogP contribution is 2.17. The Labute approximate surface area is 151 Å². The van der Waals surface area contributed by atoms with E-state index < -0.39 is 44.4 Å². The van der Waals surface area contributed by atoms with Crippen LogP contribution >= 0.6 is 0 Å². The highest BCUT2D eigenvalue weighted by Gasteiger charge is 2.17. The molecule has 2 rings (SSSR count). The van der Waals surface area contributed by atoms with Crippen LogP contribution in [-0.2, 0) is 19.7 Å². The van der Waals surface area contributed by atoms with E-state index in [0.29, 0.717) is 0 Å². The average Bonchev–Trinajstić information content (AvgIpc) is 2.61. The molecule has 0 fully saturated rings. The summed E-state index contributed by atoms with van der Waals surface area (Å²) in [6, 6.07) is 10.6. The summed E-state index contributed by atoms with van der Waals surface area (Å²) < 4.78 is 47.4. The summed E-state index contributed by atoms with van der Waals surface area (Å²) in [4.78, 5) is 12.5. The summed E-state index contributed by atoms with van der Waals surface area (Å²) in [5.74, 6) is -1.18. The van der Waals surface area contributed by atoms with Crippen LogP contribution in [0.3, 0.4) is 0 Å². The summed E-state index contributed by atoms with van der Waals surface area (Å²) in [6.45, 7) is -0.983. The molecule has 0 bridgehead atoms. The minimum absolute atomic E-state index is 0.00791. The molecule has 0 aliphatic carbocycles. The van der Waals surface area contributed by atoms with Crippen molar-refractivity contribution in [2.45, 2.75) is 9.79 Å². The third kappa shape index (κ3) is 4.55. The van der Waals surface area contributed by atoms with Gasteiger partial charge in [-0.05, 0) is 48.5 Å². The lowest BCUT2D eigenvalue weighted by Crippen LogP contribution is -2.11. The van der Waals surface area contributed by atoms with Gasteiger partial charge in [-0.2, -0.15) is 0 Å². The molecule has 2 aromatic carbocycles. The van der Waals surface area contributed by atoms with Gasteiger partial charge in [0.2, 0.25) is 0 Å². The largest absolute Gasteiger partial charge is 0.395 e. The molecule has 0 aromatic heterocycles. The zero-order chi connectivity index (χ0) is 19.4. The maximum absolute atomic E-state index is 12.4. The van der Waals surface area contributed by atoms with E-state index in [9.17, 15) is 21.6 Å². The number of aliphatic hydroxyl groups excluding tert-OH is 2. The highest BCUT2D eigenvalue weighted by molar-refractivity contribution is 7.91. The van der Waals surface area contributed by atoms with Gasteiger partial charge >= 0.3 is 0 Å². The van der Waals surface area contributed by atoms with Crippen molar-refractivity contribution in [3.8, 4) is 0 Å². The smallest absolute Gasteiger partial charge is 0.193 e. The Hall–Kier alpha value is -2.07. The van der Waals surface area contributed by atoms with Crippen molar-refractivity contribution >= 4 is 25.5 Å². The summed E-state index contributed by atoms with van der Waals surface area (Å²) in [5, 5.41) is 17.6. The normalized spacial score (nSPS) is 12.1. The van der Waals surface area contributed by atoms with Crippen molar-refractivity contribution in [2.75, 3.05) is 24.7 Å². The van der Waals surface area contributed by atoms with Crippen LogP contribution < -0.4 is 0 Å². The Balaban J connectivity index is 2.24. The third-order valence-electron chi connectivity index (χ3n) is 3.67. The second-order valence-electron chi connectivity index (χ2n) is 5.46. The van der Waals surface area contributed by atoms with Crippen molar-refractivity contribution in [3.63, 3.8) is 0 Å². The number of ketones is 1. The first-order valence-corrected chi connectivity index (χ1v) is 10.9. The molecule has 0 aliphatic heterocycles. The fraction of sp³-hybridized carbons (Fsp3) is 0.235. The van der Waals surface area contributed by atoms with E-state index in [0.717, 1.165) is 0 Å². The summed E-state index contributed by atoms with van der Waals surface area (Å²) in [5.41, 5.74) is 0.498. The minimum Gasteiger partial charge on any atom is -0.395 e. The molecule has 0 heterocycles. The maximum Gasteiger partial charge on any atom is 0.193 e. The van der Waals surface area contributed by atoms with Gasteiger partial charge < -0.3 is 10.2 Å². The van der Waals surface area contributed by atoms with Crippen LogP contribution in [0.15, 0.2) is 58.3 Å². The quantitative estimate of drug-likeness (QED) is 0.618. The minimum atomic E-state index is -3.59. The number of hydrogen-bond donors (Lipinski definition) is 2. The number of sulfone groups is 2. The monoisotopic (exact) mass is 398 g/mol. The van der Waals surface area contributed by atoms with Crippen molar-refractivity contribution in [2.24, 2.45) is 0 Å². The van der Waals surface area contributed by atoms with Crippen LogP contribution in [0.1, 0.15) is 15.9 Å². The molecule has 2 N–H and O–H groups in total. The van der Waals surface area contributed by atoms with Gasteiger partial charge in [-0.1, -0.05) is 0 Å². The molecule has 0 unspecified atom stereocenters. The molecule has 2 aromatic rings. The van der Waals surface area contributed by atoms with Gasteiger partial charge in [0.05, 0.1) is 34.5 Å². The molecule has 7 nitrogen and oxygen atoms in total. The molecule has 0 saturated heterocycles. The first-order chi connectivity index (χ1) is 12.2. The zero-order valence-corrected chi connectivity index (χ0v) is 15.3. The van der Waals surface area contributed by atoms with E-state index in [1.165, 1.54) is 48.5 Å². The predicted octanol–water partition coefficient (Wildman–Crippen LogP) is 0.450. The summed E-state index contributed by atoms with van der Waals surface area (Å²) in [7, 11) is -7.19. The van der Waals surface area contributed by atoms with Crippen LogP contribution in [0.4, 0.5) is 0 Å². The third-order valence-corrected chi connectivity index (χ3v) is 7.09. The molecule has 0 aliphatic rings. The van der Waals surface area contributed by atoms with E-state index in [1.54, 1.807) is 0 Å². The maximum atomic E-state index is 12.4. The Morgan fingerprint density at radius 3 is 1.23 bits per heavy atom. The average molecular weight is 398 g/mol. The number of rotatable bonds is 8. The van der Waals surface area contributed by atoms with E-state index in [4.69, 9.17) is 10.2 Å². The van der Waals surface area contributed by atoms with Crippen LogP contribution in [0, 0.1) is 0 Å². The lowest BCUT2D eigenvalue weighted by Gasteiger charge is -2.06. The lowest BCUT2D eigenvalue weighted by molar-refractivity contribution is 0.103.